The van der Waals surface area contributed by atoms with Gasteiger partial charge in [0.15, 0.2) is 0 Å². The highest BCUT2D eigenvalue weighted by Crippen LogP contribution is 2.40. The van der Waals surface area contributed by atoms with E-state index >= 15 is 0 Å². The van der Waals surface area contributed by atoms with Gasteiger partial charge in [-0.25, -0.2) is 0 Å². The molecule has 1 atom stereocenters. The second-order valence-electron chi connectivity index (χ2n) is 5.81. The van der Waals surface area contributed by atoms with Crippen molar-refractivity contribution in [1.82, 2.24) is 5.32 Å². The van der Waals surface area contributed by atoms with Gasteiger partial charge in [-0.2, -0.15) is 0 Å². The lowest BCUT2D eigenvalue weighted by Crippen LogP contribution is -2.24. The Balaban J connectivity index is 1.67. The van der Waals surface area contributed by atoms with Crippen LogP contribution in [0.2, 0.25) is 0 Å². The van der Waals surface area contributed by atoms with Crippen molar-refractivity contribution in [3.63, 3.8) is 0 Å². The molecule has 1 saturated carbocycles. The van der Waals surface area contributed by atoms with Crippen LogP contribution in [0.1, 0.15) is 51.1 Å². The zero-order valence-electron chi connectivity index (χ0n) is 12.3. The zero-order chi connectivity index (χ0) is 13.5. The number of nitrogens with one attached hydrogen (secondary N) is 1. The molecule has 1 aromatic rings. The minimum Gasteiger partial charge on any atom is -0.379 e. The Morgan fingerprint density at radius 2 is 1.89 bits per heavy atom. The molecule has 1 unspecified atom stereocenters. The molecule has 0 heterocycles. The molecule has 0 radical (unpaired) electrons. The van der Waals surface area contributed by atoms with E-state index in [9.17, 15) is 0 Å². The molecular formula is C17H27NO. The molecular weight excluding hydrogens is 234 g/mol. The van der Waals surface area contributed by atoms with Crippen LogP contribution < -0.4 is 5.32 Å². The van der Waals surface area contributed by atoms with Crippen molar-refractivity contribution in [3.05, 3.63) is 35.9 Å². The Kier molecular flexibility index (Phi) is 5.87. The Morgan fingerprint density at radius 1 is 1.16 bits per heavy atom. The maximum absolute atomic E-state index is 5.57. The van der Waals surface area contributed by atoms with Crippen molar-refractivity contribution in [2.24, 2.45) is 5.92 Å². The summed E-state index contributed by atoms with van der Waals surface area (Å²) in [4.78, 5) is 0. The fourth-order valence-electron chi connectivity index (χ4n) is 2.45. The Bertz CT molecular complexity index is 346. The number of unbranched alkanes of at least 4 members (excludes halogenated alkanes) is 1. The van der Waals surface area contributed by atoms with Gasteiger partial charge in [0, 0.05) is 12.6 Å². The Morgan fingerprint density at radius 3 is 2.53 bits per heavy atom. The molecule has 0 spiro atoms. The van der Waals surface area contributed by atoms with Gasteiger partial charge in [-0.1, -0.05) is 30.3 Å². The predicted octanol–water partition coefficient (Wildman–Crippen LogP) is 3.93. The standard InChI is InChI=1S/C17H27NO/c1-14(2)19-13-7-6-12-18-17(16-10-11-16)15-8-4-3-5-9-15/h3-5,8-9,14,16-18H,6-7,10-13H2,1-2H3. The van der Waals surface area contributed by atoms with E-state index in [1.165, 1.54) is 24.8 Å². The van der Waals surface area contributed by atoms with Crippen LogP contribution in [0.3, 0.4) is 0 Å². The summed E-state index contributed by atoms with van der Waals surface area (Å²) >= 11 is 0. The summed E-state index contributed by atoms with van der Waals surface area (Å²) in [6, 6.07) is 11.4. The first-order valence-electron chi connectivity index (χ1n) is 7.67. The molecule has 0 bridgehead atoms. The van der Waals surface area contributed by atoms with Crippen LogP contribution in [0.4, 0.5) is 0 Å². The van der Waals surface area contributed by atoms with Gasteiger partial charge in [-0.15, -0.1) is 0 Å². The van der Waals surface area contributed by atoms with E-state index < -0.39 is 0 Å². The van der Waals surface area contributed by atoms with Gasteiger partial charge in [0.25, 0.3) is 0 Å². The van der Waals surface area contributed by atoms with Crippen LogP contribution in [0.5, 0.6) is 0 Å². The summed E-state index contributed by atoms with van der Waals surface area (Å²) in [6.45, 7) is 6.17. The van der Waals surface area contributed by atoms with E-state index in [0.29, 0.717) is 12.1 Å². The Hall–Kier alpha value is -0.860. The van der Waals surface area contributed by atoms with E-state index in [4.69, 9.17) is 4.74 Å². The molecule has 1 fully saturated rings. The highest BCUT2D eigenvalue weighted by molar-refractivity contribution is 5.21. The quantitative estimate of drug-likeness (QED) is 0.680. The predicted molar refractivity (Wildman–Crippen MR) is 80.2 cm³/mol. The molecule has 2 nitrogen and oxygen atoms in total. The van der Waals surface area contributed by atoms with E-state index in [1.807, 2.05) is 0 Å². The molecule has 0 saturated heterocycles. The number of rotatable bonds is 9. The van der Waals surface area contributed by atoms with Crippen molar-refractivity contribution in [3.8, 4) is 0 Å². The molecule has 1 aromatic carbocycles. The second-order valence-corrected chi connectivity index (χ2v) is 5.81. The van der Waals surface area contributed by atoms with Crippen molar-refractivity contribution in [2.75, 3.05) is 13.2 Å². The summed E-state index contributed by atoms with van der Waals surface area (Å²) in [7, 11) is 0. The molecule has 2 heteroatoms. The molecule has 1 aliphatic rings. The van der Waals surface area contributed by atoms with E-state index in [2.05, 4.69) is 49.5 Å². The highest BCUT2D eigenvalue weighted by Gasteiger charge is 2.31. The topological polar surface area (TPSA) is 21.3 Å². The maximum Gasteiger partial charge on any atom is 0.0518 e. The van der Waals surface area contributed by atoms with Crippen LogP contribution >= 0.6 is 0 Å². The lowest BCUT2D eigenvalue weighted by atomic mass is 10.0. The molecule has 0 aliphatic heterocycles. The molecule has 1 aliphatic carbocycles. The second kappa shape index (κ2) is 7.66. The average Bonchev–Trinajstić information content (AvgIpc) is 3.23. The van der Waals surface area contributed by atoms with Crippen LogP contribution in [0.15, 0.2) is 30.3 Å². The van der Waals surface area contributed by atoms with Gasteiger partial charge in [-0.05, 0) is 57.6 Å². The molecule has 106 valence electrons. The van der Waals surface area contributed by atoms with Crippen molar-refractivity contribution < 1.29 is 4.74 Å². The van der Waals surface area contributed by atoms with Crippen molar-refractivity contribution in [2.45, 2.75) is 51.7 Å². The van der Waals surface area contributed by atoms with Crippen LogP contribution in [0.25, 0.3) is 0 Å². The lowest BCUT2D eigenvalue weighted by Gasteiger charge is -2.19. The van der Waals surface area contributed by atoms with Gasteiger partial charge in [0.05, 0.1) is 6.10 Å². The number of hydrogen-bond acceptors (Lipinski definition) is 2. The SMILES string of the molecule is CC(C)OCCCCNC(c1ccccc1)C1CC1. The first-order chi connectivity index (χ1) is 9.27. The minimum absolute atomic E-state index is 0.358. The first kappa shape index (κ1) is 14.5. The largest absolute Gasteiger partial charge is 0.379 e. The number of ether oxygens (including phenoxy) is 1. The van der Waals surface area contributed by atoms with E-state index in [-0.39, 0.29) is 0 Å². The fraction of sp³-hybridized carbons (Fsp3) is 0.647. The van der Waals surface area contributed by atoms with Crippen molar-refractivity contribution in [1.29, 1.82) is 0 Å². The van der Waals surface area contributed by atoms with Gasteiger partial charge in [0.2, 0.25) is 0 Å². The normalized spacial score (nSPS) is 16.8. The van der Waals surface area contributed by atoms with E-state index in [0.717, 1.165) is 25.5 Å². The summed E-state index contributed by atoms with van der Waals surface area (Å²) in [6.07, 6.45) is 5.46. The molecule has 0 amide bonds. The van der Waals surface area contributed by atoms with E-state index in [1.54, 1.807) is 0 Å². The first-order valence-corrected chi connectivity index (χ1v) is 7.67. The summed E-state index contributed by atoms with van der Waals surface area (Å²) in [5.74, 6) is 0.856. The van der Waals surface area contributed by atoms with Gasteiger partial charge in [0.1, 0.15) is 0 Å². The highest BCUT2D eigenvalue weighted by atomic mass is 16.5. The van der Waals surface area contributed by atoms with Crippen LogP contribution in [-0.4, -0.2) is 19.3 Å². The van der Waals surface area contributed by atoms with Crippen LogP contribution in [0, 0.1) is 5.92 Å². The maximum atomic E-state index is 5.57. The molecule has 2 rings (SSSR count). The Labute approximate surface area is 117 Å². The molecule has 1 N–H and O–H groups in total. The zero-order valence-corrected chi connectivity index (χ0v) is 12.3. The minimum atomic E-state index is 0.358. The third kappa shape index (κ3) is 5.33. The van der Waals surface area contributed by atoms with Gasteiger partial charge >= 0.3 is 0 Å². The van der Waals surface area contributed by atoms with Crippen molar-refractivity contribution >= 4 is 0 Å². The fourth-order valence-corrected chi connectivity index (χ4v) is 2.45. The molecule has 0 aromatic heterocycles. The summed E-state index contributed by atoms with van der Waals surface area (Å²) in [5.41, 5.74) is 1.45. The molecule has 19 heavy (non-hydrogen) atoms. The third-order valence-electron chi connectivity index (χ3n) is 3.64. The van der Waals surface area contributed by atoms with Gasteiger partial charge < -0.3 is 10.1 Å². The number of benzene rings is 1. The van der Waals surface area contributed by atoms with Gasteiger partial charge in [-0.3, -0.25) is 0 Å². The summed E-state index contributed by atoms with van der Waals surface area (Å²) in [5, 5.41) is 3.73. The smallest absolute Gasteiger partial charge is 0.0518 e. The average molecular weight is 261 g/mol. The third-order valence-corrected chi connectivity index (χ3v) is 3.64. The lowest BCUT2D eigenvalue weighted by molar-refractivity contribution is 0.0759. The number of hydrogen-bond donors (Lipinski definition) is 1. The summed E-state index contributed by atoms with van der Waals surface area (Å²) < 4.78 is 5.57. The monoisotopic (exact) mass is 261 g/mol. The van der Waals surface area contributed by atoms with Crippen LogP contribution in [-0.2, 0) is 4.74 Å².